The van der Waals surface area contributed by atoms with E-state index in [-0.39, 0.29) is 0 Å². The number of hydrogen-bond acceptors (Lipinski definition) is 3. The molecule has 0 aliphatic carbocycles. The molecule has 0 unspecified atom stereocenters. The van der Waals surface area contributed by atoms with Gasteiger partial charge in [0.1, 0.15) is 17.5 Å². The number of hydrogen-bond donors (Lipinski definition) is 0. The Morgan fingerprint density at radius 3 is 1.39 bits per heavy atom. The molecule has 0 atom stereocenters. The average Bonchev–Trinajstić information content (AvgIpc) is 1.54. The lowest BCUT2D eigenvalue weighted by atomic mass is 9.98. The van der Waals surface area contributed by atoms with Crippen molar-refractivity contribution in [2.45, 2.75) is 0 Å². The number of pyridine rings is 3. The highest BCUT2D eigenvalue weighted by molar-refractivity contribution is 6.37. The van der Waals surface area contributed by atoms with Crippen molar-refractivity contribution in [1.29, 1.82) is 0 Å². The van der Waals surface area contributed by atoms with Gasteiger partial charge in [0.15, 0.2) is 0 Å². The minimum absolute atomic E-state index is 0.851. The van der Waals surface area contributed by atoms with E-state index in [1.807, 2.05) is 24.5 Å². The summed E-state index contributed by atoms with van der Waals surface area (Å²) in [6.45, 7) is 0. The highest BCUT2D eigenvalue weighted by Gasteiger charge is 2.28. The van der Waals surface area contributed by atoms with E-state index < -0.39 is 0 Å². The first-order chi connectivity index (χ1) is 53.6. The van der Waals surface area contributed by atoms with Crippen LogP contribution in [0.4, 0.5) is 0 Å². The zero-order valence-electron chi connectivity index (χ0n) is 58.1. The third-order valence-electron chi connectivity index (χ3n) is 23.1. The monoisotopic (exact) mass is 1370 g/mol. The zero-order chi connectivity index (χ0) is 70.4. The van der Waals surface area contributed by atoms with Crippen molar-refractivity contribution in [3.05, 3.63) is 358 Å². The summed E-state index contributed by atoms with van der Waals surface area (Å²) in [5.41, 5.74) is 21.3. The highest BCUT2D eigenvalue weighted by atomic mass is 15.1. The van der Waals surface area contributed by atoms with Gasteiger partial charge in [0.2, 0.25) is 0 Å². The van der Waals surface area contributed by atoms with Crippen LogP contribution < -0.4 is 0 Å². The first kappa shape index (κ1) is 58.8. The minimum atomic E-state index is 0.851. The van der Waals surface area contributed by atoms with Crippen LogP contribution in [0.15, 0.2) is 358 Å². The van der Waals surface area contributed by atoms with Gasteiger partial charge >= 0.3 is 0 Å². The SMILES string of the molecule is c1ccc(-n2c3ccccc3c3cc4c(cc32)c2cc3ccccc3cc2n4-c2ccc(-c3ccc4ccc5c(c4c3)c3ccc4c6ccccc6n(-c6ccc(-c7cccc(-n8c9ccccc9c9c%10ccccc%10c%10c(c%11ccccc%11n%10-c%10ccccn%10)c98)c7)cc6)c4c3n5-c3ccccn3)cn2)cc1. The molecule has 0 saturated carbocycles. The number of benzene rings is 15. The van der Waals surface area contributed by atoms with Crippen LogP contribution in [0.25, 0.3) is 220 Å². The lowest BCUT2D eigenvalue weighted by Crippen LogP contribution is -2.00. The van der Waals surface area contributed by atoms with Gasteiger partial charge < -0.3 is 13.7 Å². The van der Waals surface area contributed by atoms with E-state index >= 15 is 0 Å². The normalized spacial score (nSPS) is 12.3. The first-order valence-corrected chi connectivity index (χ1v) is 36.9. The van der Waals surface area contributed by atoms with Crippen molar-refractivity contribution in [3.8, 4) is 56.8 Å². The fourth-order valence-corrected chi connectivity index (χ4v) is 18.5. The summed E-state index contributed by atoms with van der Waals surface area (Å²) >= 11 is 0. The van der Waals surface area contributed by atoms with Crippen LogP contribution in [0.1, 0.15) is 0 Å². The second kappa shape index (κ2) is 22.4. The van der Waals surface area contributed by atoms with E-state index in [9.17, 15) is 0 Å². The van der Waals surface area contributed by atoms with Gasteiger partial charge in [0.05, 0.1) is 66.2 Å². The number of rotatable bonds is 8. The van der Waals surface area contributed by atoms with Gasteiger partial charge in [0, 0.05) is 111 Å². The molecule has 0 aliphatic heterocycles. The van der Waals surface area contributed by atoms with Crippen LogP contribution >= 0.6 is 0 Å². The molecule has 15 aromatic carbocycles. The van der Waals surface area contributed by atoms with Gasteiger partial charge in [-0.25, -0.2) is 15.0 Å². The molecule has 0 bridgehead atoms. The zero-order valence-corrected chi connectivity index (χ0v) is 58.1. The molecule has 9 nitrogen and oxygen atoms in total. The van der Waals surface area contributed by atoms with E-state index in [4.69, 9.17) is 15.0 Å². The molecule has 0 N–H and O–H groups in total. The minimum Gasteiger partial charge on any atom is -0.309 e. The third-order valence-corrected chi connectivity index (χ3v) is 23.1. The predicted octanol–water partition coefficient (Wildman–Crippen LogP) is 25.2. The molecule has 0 radical (unpaired) electrons. The van der Waals surface area contributed by atoms with Gasteiger partial charge in [-0.15, -0.1) is 0 Å². The van der Waals surface area contributed by atoms with Crippen LogP contribution in [-0.2, 0) is 0 Å². The Kier molecular flexibility index (Phi) is 12.2. The van der Waals surface area contributed by atoms with Crippen LogP contribution in [-0.4, -0.2) is 42.4 Å². The van der Waals surface area contributed by atoms with Crippen LogP contribution in [0, 0.1) is 0 Å². The van der Waals surface area contributed by atoms with Crippen molar-refractivity contribution in [3.63, 3.8) is 0 Å². The van der Waals surface area contributed by atoms with Gasteiger partial charge in [-0.3, -0.25) is 13.7 Å². The fraction of sp³-hybridized carbons (Fsp3) is 0. The average molecular weight is 1370 g/mol. The number of fused-ring (bicyclic) bond motifs is 26. The highest BCUT2D eigenvalue weighted by Crippen LogP contribution is 2.50. The molecular formula is C99H59N9. The van der Waals surface area contributed by atoms with Crippen LogP contribution in [0.3, 0.4) is 0 Å². The van der Waals surface area contributed by atoms with Crippen LogP contribution in [0.2, 0.25) is 0 Å². The van der Waals surface area contributed by atoms with Gasteiger partial charge in [-0.05, 0) is 177 Å². The van der Waals surface area contributed by atoms with Crippen molar-refractivity contribution in [2.24, 2.45) is 0 Å². The topological polar surface area (TPSA) is 68.2 Å². The van der Waals surface area contributed by atoms with E-state index in [1.54, 1.807) is 0 Å². The Hall–Kier alpha value is -14.7. The molecule has 9 heterocycles. The van der Waals surface area contributed by atoms with Crippen LogP contribution in [0.5, 0.6) is 0 Å². The van der Waals surface area contributed by atoms with Gasteiger partial charge in [0.25, 0.3) is 0 Å². The Balaban J connectivity index is 0.657. The van der Waals surface area contributed by atoms with E-state index in [0.29, 0.717) is 0 Å². The standard InChI is InChI=1S/C99H59N9/c1-2-24-67(25-3-1)103-82-33-12-9-28-71(82)80-57-89-81(58-88(80)103)79-55-63-21-4-5-22-64(63)56-87(79)106(89)92-50-44-66(59-102-92)65-40-39-61-43-49-86-93(78(61)54-65)77-48-47-74-70-27-8-13-34-83(70)104(97(74)98(77)108(86)91-38-17-19-52-101-91)68-45-41-60(42-46-68)62-23-20-26-69(53-62)105-84-35-14-10-31-75(84)94-72-29-6-7-30-73(72)96-95(99(94)105)76-32-11-15-36-85(76)107(96)90-37-16-18-51-100-90/h1-59H. The Morgan fingerprint density at radius 2 is 0.667 bits per heavy atom. The maximum absolute atomic E-state index is 5.43. The summed E-state index contributed by atoms with van der Waals surface area (Å²) in [7, 11) is 0. The molecule has 0 spiro atoms. The van der Waals surface area contributed by atoms with Crippen molar-refractivity contribution in [1.82, 2.24) is 42.4 Å². The summed E-state index contributed by atoms with van der Waals surface area (Å²) < 4.78 is 14.5. The Labute approximate surface area is 616 Å². The number of aromatic nitrogens is 9. The molecule has 24 rings (SSSR count). The molecule has 0 fully saturated rings. The predicted molar refractivity (Wildman–Crippen MR) is 449 cm³/mol. The molecule has 500 valence electrons. The van der Waals surface area contributed by atoms with E-state index in [2.05, 4.69) is 361 Å². The number of nitrogens with zero attached hydrogens (tertiary/aromatic N) is 9. The van der Waals surface area contributed by atoms with Gasteiger partial charge in [-0.2, -0.15) is 0 Å². The smallest absolute Gasteiger partial charge is 0.137 e. The maximum Gasteiger partial charge on any atom is 0.137 e. The largest absolute Gasteiger partial charge is 0.309 e. The molecular weight excluding hydrogens is 1320 g/mol. The second-order valence-corrected chi connectivity index (χ2v) is 28.6. The lowest BCUT2D eigenvalue weighted by molar-refractivity contribution is 1.08. The molecule has 24 aromatic rings. The summed E-state index contributed by atoms with van der Waals surface area (Å²) in [6, 6.07) is 124. The molecule has 0 aliphatic rings. The van der Waals surface area contributed by atoms with Crippen molar-refractivity contribution in [2.75, 3.05) is 0 Å². The third kappa shape index (κ3) is 8.26. The lowest BCUT2D eigenvalue weighted by Gasteiger charge is -2.14. The summed E-state index contributed by atoms with van der Waals surface area (Å²) in [5.74, 6) is 2.60. The van der Waals surface area contributed by atoms with E-state index in [1.165, 1.54) is 97.3 Å². The van der Waals surface area contributed by atoms with Crippen molar-refractivity contribution < 1.29 is 0 Å². The fourth-order valence-electron chi connectivity index (χ4n) is 18.5. The quantitative estimate of drug-likeness (QED) is 0.152. The summed E-state index contributed by atoms with van der Waals surface area (Å²) in [6.07, 6.45) is 5.86. The maximum atomic E-state index is 5.43. The van der Waals surface area contributed by atoms with Crippen molar-refractivity contribution >= 4 is 163 Å². The summed E-state index contributed by atoms with van der Waals surface area (Å²) in [5, 5.41) is 21.4. The first-order valence-electron chi connectivity index (χ1n) is 36.9. The van der Waals surface area contributed by atoms with E-state index in [0.717, 1.165) is 123 Å². The summed E-state index contributed by atoms with van der Waals surface area (Å²) in [4.78, 5) is 15.6. The van der Waals surface area contributed by atoms with Gasteiger partial charge in [-0.1, -0.05) is 206 Å². The second-order valence-electron chi connectivity index (χ2n) is 28.6. The molecule has 0 saturated heterocycles. The molecule has 9 heteroatoms. The Morgan fingerprint density at radius 1 is 0.176 bits per heavy atom. The Bertz CT molecular complexity index is 7950. The molecule has 0 amide bonds. The molecule has 9 aromatic heterocycles. The number of para-hydroxylation sites is 5. The molecule has 108 heavy (non-hydrogen) atoms.